The second-order valence-electron chi connectivity index (χ2n) is 6.70. The lowest BCUT2D eigenvalue weighted by Crippen LogP contribution is -2.38. The zero-order valence-electron chi connectivity index (χ0n) is 15.6. The number of rotatable bonds is 5. The van der Waals surface area contributed by atoms with Crippen LogP contribution in [0.2, 0.25) is 5.15 Å². The van der Waals surface area contributed by atoms with Gasteiger partial charge in [-0.3, -0.25) is 4.21 Å². The quantitative estimate of drug-likeness (QED) is 0.588. The summed E-state index contributed by atoms with van der Waals surface area (Å²) in [5.41, 5.74) is 0.480. The lowest BCUT2D eigenvalue weighted by atomic mass is 10.1. The highest BCUT2D eigenvalue weighted by atomic mass is 35.5. The first-order valence-corrected chi connectivity index (χ1v) is 11.0. The largest absolute Gasteiger partial charge is 0.367 e. The maximum Gasteiger partial charge on any atom is 0.266 e. The van der Waals surface area contributed by atoms with Crippen molar-refractivity contribution >= 4 is 44.9 Å². The number of benzene rings is 1. The van der Waals surface area contributed by atoms with Crippen molar-refractivity contribution in [1.82, 2.24) is 15.0 Å². The predicted molar refractivity (Wildman–Crippen MR) is 111 cm³/mol. The number of nitrogens with zero attached hydrogens (tertiary/aromatic N) is 4. The molecule has 0 bridgehead atoms. The van der Waals surface area contributed by atoms with Gasteiger partial charge in [0.05, 0.1) is 16.6 Å². The zero-order valence-corrected chi connectivity index (χ0v) is 17.2. The molecule has 0 unspecified atom stereocenters. The number of fused-ring (bicyclic) bond motifs is 1. The minimum atomic E-state index is -2.89. The molecule has 30 heavy (non-hydrogen) atoms. The van der Waals surface area contributed by atoms with Crippen molar-refractivity contribution < 1.29 is 17.4 Å². The van der Waals surface area contributed by atoms with E-state index in [-0.39, 0.29) is 17.3 Å². The van der Waals surface area contributed by atoms with Gasteiger partial charge < -0.3 is 10.2 Å². The van der Waals surface area contributed by atoms with Gasteiger partial charge in [0.25, 0.3) is 6.43 Å². The Bertz CT molecular complexity index is 1110. The average molecular weight is 456 g/mol. The third kappa shape index (κ3) is 4.20. The van der Waals surface area contributed by atoms with E-state index in [1.165, 1.54) is 18.5 Å². The van der Waals surface area contributed by atoms with Crippen molar-refractivity contribution in [2.24, 2.45) is 0 Å². The monoisotopic (exact) mass is 455 g/mol. The van der Waals surface area contributed by atoms with Gasteiger partial charge in [-0.25, -0.2) is 28.1 Å². The topological polar surface area (TPSA) is 71.0 Å². The summed E-state index contributed by atoms with van der Waals surface area (Å²) in [6.07, 6.45) is -1.60. The fourth-order valence-electron chi connectivity index (χ4n) is 3.28. The molecule has 1 aromatic carbocycles. The molecule has 1 aliphatic rings. The molecule has 1 fully saturated rings. The molecular formula is C19H17ClF3N5OS. The van der Waals surface area contributed by atoms with E-state index < -0.39 is 28.6 Å². The van der Waals surface area contributed by atoms with Gasteiger partial charge >= 0.3 is 0 Å². The summed E-state index contributed by atoms with van der Waals surface area (Å²) in [5.74, 6) is 0.532. The Balaban J connectivity index is 1.64. The van der Waals surface area contributed by atoms with Crippen molar-refractivity contribution in [3.05, 3.63) is 52.7 Å². The molecule has 1 saturated heterocycles. The highest BCUT2D eigenvalue weighted by Gasteiger charge is 2.21. The molecule has 11 heteroatoms. The normalized spacial score (nSPS) is 15.2. The molecule has 0 atom stereocenters. The van der Waals surface area contributed by atoms with E-state index in [9.17, 15) is 17.4 Å². The molecule has 158 valence electrons. The average Bonchev–Trinajstić information content (AvgIpc) is 2.73. The maximum atomic E-state index is 14.3. The third-order valence-electron chi connectivity index (χ3n) is 4.87. The van der Waals surface area contributed by atoms with Crippen LogP contribution >= 0.6 is 11.6 Å². The van der Waals surface area contributed by atoms with Crippen LogP contribution in [-0.2, 0) is 17.3 Å². The minimum Gasteiger partial charge on any atom is -0.367 e. The van der Waals surface area contributed by atoms with Crippen molar-refractivity contribution in [3.8, 4) is 0 Å². The first kappa shape index (κ1) is 20.8. The van der Waals surface area contributed by atoms with Gasteiger partial charge in [0.2, 0.25) is 0 Å². The van der Waals surface area contributed by atoms with Gasteiger partial charge in [-0.1, -0.05) is 29.8 Å². The summed E-state index contributed by atoms with van der Waals surface area (Å²) in [4.78, 5) is 14.6. The number of hydrogen-bond donors (Lipinski definition) is 1. The zero-order chi connectivity index (χ0) is 21.3. The van der Waals surface area contributed by atoms with Crippen LogP contribution < -0.4 is 10.2 Å². The van der Waals surface area contributed by atoms with Gasteiger partial charge in [0.1, 0.15) is 18.0 Å². The van der Waals surface area contributed by atoms with Gasteiger partial charge in [0, 0.05) is 47.5 Å². The molecule has 2 aromatic heterocycles. The molecule has 0 aliphatic carbocycles. The lowest BCUT2D eigenvalue weighted by molar-refractivity contribution is 0.146. The fourth-order valence-corrected chi connectivity index (χ4v) is 4.59. The number of halogens is 4. The van der Waals surface area contributed by atoms with E-state index in [1.807, 2.05) is 4.90 Å². The van der Waals surface area contributed by atoms with E-state index in [0.717, 1.165) is 6.07 Å². The van der Waals surface area contributed by atoms with Crippen LogP contribution in [0, 0.1) is 5.82 Å². The number of alkyl halides is 2. The summed E-state index contributed by atoms with van der Waals surface area (Å²) in [6.45, 7) is 1.13. The molecule has 1 N–H and O–H groups in total. The van der Waals surface area contributed by atoms with Crippen molar-refractivity contribution in [3.63, 3.8) is 0 Å². The second-order valence-corrected chi connectivity index (χ2v) is 8.76. The van der Waals surface area contributed by atoms with Crippen LogP contribution in [-0.4, -0.2) is 43.8 Å². The summed E-state index contributed by atoms with van der Waals surface area (Å²) in [7, 11) is -0.836. The first-order chi connectivity index (χ1) is 14.4. The van der Waals surface area contributed by atoms with E-state index in [0.29, 0.717) is 47.1 Å². The Morgan fingerprint density at radius 1 is 1.23 bits per heavy atom. The Hall–Kier alpha value is -2.46. The summed E-state index contributed by atoms with van der Waals surface area (Å²) >= 11 is 6.34. The van der Waals surface area contributed by atoms with Gasteiger partial charge in [0.15, 0.2) is 10.8 Å². The number of pyridine rings is 1. The summed E-state index contributed by atoms with van der Waals surface area (Å²) in [6, 6.07) is 5.67. The molecule has 0 saturated carbocycles. The highest BCUT2D eigenvalue weighted by Crippen LogP contribution is 2.31. The van der Waals surface area contributed by atoms with Crippen LogP contribution in [0.25, 0.3) is 11.0 Å². The van der Waals surface area contributed by atoms with E-state index in [4.69, 9.17) is 11.6 Å². The Kier molecular flexibility index (Phi) is 6.05. The van der Waals surface area contributed by atoms with Crippen LogP contribution in [0.4, 0.5) is 24.7 Å². The second kappa shape index (κ2) is 8.73. The highest BCUT2D eigenvalue weighted by molar-refractivity contribution is 7.85. The van der Waals surface area contributed by atoms with Crippen LogP contribution in [0.15, 0.2) is 30.6 Å². The molecule has 0 spiro atoms. The number of nitrogens with one attached hydrogen (secondary N) is 1. The first-order valence-electron chi connectivity index (χ1n) is 9.14. The molecule has 1 aliphatic heterocycles. The summed E-state index contributed by atoms with van der Waals surface area (Å²) in [5, 5.41) is 3.82. The molecule has 0 radical (unpaired) electrons. The van der Waals surface area contributed by atoms with E-state index >= 15 is 0 Å². The van der Waals surface area contributed by atoms with Crippen molar-refractivity contribution in [2.75, 3.05) is 34.8 Å². The minimum absolute atomic E-state index is 0.0425. The standard InChI is InChI=1S/C19H17ClF3N5OS/c20-16-14(28-4-6-30(29)7-5-28)8-13-18(25-10-26-19(13)27-16)24-9-11-2-1-3-12(15(11)21)17(22)23/h1-3,8,10,17H,4-7,9H2,(H,24,25,26,27). The molecule has 0 amide bonds. The maximum absolute atomic E-state index is 14.3. The fraction of sp³-hybridized carbons (Fsp3) is 0.316. The van der Waals surface area contributed by atoms with Crippen molar-refractivity contribution in [1.29, 1.82) is 0 Å². The molecule has 3 aromatic rings. The molecular weight excluding hydrogens is 439 g/mol. The van der Waals surface area contributed by atoms with Crippen LogP contribution in [0.1, 0.15) is 17.6 Å². The molecule has 3 heterocycles. The predicted octanol–water partition coefficient (Wildman–Crippen LogP) is 3.94. The molecule has 6 nitrogen and oxygen atoms in total. The Morgan fingerprint density at radius 3 is 2.73 bits per heavy atom. The van der Waals surface area contributed by atoms with E-state index in [2.05, 4.69) is 20.3 Å². The Labute approximate surface area is 177 Å². The van der Waals surface area contributed by atoms with Gasteiger partial charge in [-0.2, -0.15) is 0 Å². The van der Waals surface area contributed by atoms with Crippen molar-refractivity contribution in [2.45, 2.75) is 13.0 Å². The van der Waals surface area contributed by atoms with Crippen LogP contribution in [0.5, 0.6) is 0 Å². The number of anilines is 2. The lowest BCUT2D eigenvalue weighted by Gasteiger charge is -2.29. The SMILES string of the molecule is O=S1CCN(c2cc3c(NCc4cccc(C(F)F)c4F)ncnc3nc2Cl)CC1. The smallest absolute Gasteiger partial charge is 0.266 e. The molecule has 4 rings (SSSR count). The van der Waals surface area contributed by atoms with E-state index in [1.54, 1.807) is 6.07 Å². The van der Waals surface area contributed by atoms with Crippen LogP contribution in [0.3, 0.4) is 0 Å². The number of hydrogen-bond acceptors (Lipinski definition) is 6. The summed E-state index contributed by atoms with van der Waals surface area (Å²) < 4.78 is 51.8. The van der Waals surface area contributed by atoms with Gasteiger partial charge in [-0.05, 0) is 6.07 Å². The Morgan fingerprint density at radius 2 is 2.00 bits per heavy atom. The van der Waals surface area contributed by atoms with Gasteiger partial charge in [-0.15, -0.1) is 0 Å². The third-order valence-corrected chi connectivity index (χ3v) is 6.42. The number of aromatic nitrogens is 3.